The average Bonchev–Trinajstić information content (AvgIpc) is 3.33. The molecule has 1 aromatic carbocycles. The van der Waals surface area contributed by atoms with Crippen LogP contribution in [0.3, 0.4) is 0 Å². The zero-order valence-corrected chi connectivity index (χ0v) is 14.4. The predicted molar refractivity (Wildman–Crippen MR) is 94.0 cm³/mol. The van der Waals surface area contributed by atoms with E-state index in [1.807, 2.05) is 25.4 Å². The minimum absolute atomic E-state index is 0.113. The Bertz CT molecular complexity index is 1110. The zero-order chi connectivity index (χ0) is 18.3. The van der Waals surface area contributed by atoms with Crippen LogP contribution in [0.25, 0.3) is 22.2 Å². The summed E-state index contributed by atoms with van der Waals surface area (Å²) < 4.78 is 12.3. The van der Waals surface area contributed by atoms with Gasteiger partial charge in [0, 0.05) is 31.3 Å². The Hall–Kier alpha value is -3.62. The summed E-state index contributed by atoms with van der Waals surface area (Å²) in [7, 11) is 3.43. The number of carbonyl (C=O) groups excluding carboxylic acids is 1. The number of oxazole rings is 1. The van der Waals surface area contributed by atoms with Crippen LogP contribution in [0.5, 0.6) is 5.75 Å². The maximum atomic E-state index is 12.3. The number of hydrogen-bond acceptors (Lipinski definition) is 6. The molecule has 9 nitrogen and oxygen atoms in total. The number of aryl methyl sites for hydroxylation is 2. The van der Waals surface area contributed by atoms with Gasteiger partial charge in [-0.3, -0.25) is 14.8 Å². The first kappa shape index (κ1) is 15.9. The number of rotatable bonds is 4. The molecule has 26 heavy (non-hydrogen) atoms. The van der Waals surface area contributed by atoms with E-state index in [9.17, 15) is 4.79 Å². The fraction of sp³-hybridized carbons (Fsp3) is 0.176. The Balaban J connectivity index is 1.76. The smallest absolute Gasteiger partial charge is 0.295 e. The molecule has 0 aliphatic heterocycles. The molecule has 0 saturated heterocycles. The number of hydrogen-bond donors (Lipinski definition) is 2. The fourth-order valence-electron chi connectivity index (χ4n) is 2.73. The maximum absolute atomic E-state index is 12.3. The van der Waals surface area contributed by atoms with Gasteiger partial charge in [0.25, 0.3) is 5.91 Å². The second kappa shape index (κ2) is 6.03. The standard InChI is InChI=1S/C17H16N6O3/c1-9-18-7-13(26-9)16(24)22-17-20-14-11(10-6-19-23(2)8-10)4-5-12(25-3)15(14)21-17/h4-8H,1-3H3,(H2,20,21,22,24). The number of nitrogens with zero attached hydrogens (tertiary/aromatic N) is 4. The van der Waals surface area contributed by atoms with Crippen molar-refractivity contribution in [3.8, 4) is 16.9 Å². The van der Waals surface area contributed by atoms with E-state index in [1.165, 1.54) is 6.20 Å². The van der Waals surface area contributed by atoms with Gasteiger partial charge in [0.1, 0.15) is 16.8 Å². The summed E-state index contributed by atoms with van der Waals surface area (Å²) in [6.07, 6.45) is 5.02. The lowest BCUT2D eigenvalue weighted by molar-refractivity contribution is 0.0994. The number of carbonyl (C=O) groups is 1. The van der Waals surface area contributed by atoms with E-state index in [0.29, 0.717) is 22.7 Å². The van der Waals surface area contributed by atoms with Crippen LogP contribution in [0.2, 0.25) is 0 Å². The van der Waals surface area contributed by atoms with Crippen molar-refractivity contribution < 1.29 is 13.9 Å². The first-order valence-corrected chi connectivity index (χ1v) is 7.84. The third-order valence-electron chi connectivity index (χ3n) is 3.92. The Labute approximate surface area is 148 Å². The highest BCUT2D eigenvalue weighted by Gasteiger charge is 2.17. The molecule has 0 atom stereocenters. The highest BCUT2D eigenvalue weighted by atomic mass is 16.5. The van der Waals surface area contributed by atoms with Crippen molar-refractivity contribution in [2.24, 2.45) is 7.05 Å². The van der Waals surface area contributed by atoms with Crippen molar-refractivity contribution in [3.63, 3.8) is 0 Å². The summed E-state index contributed by atoms with van der Waals surface area (Å²) in [6.45, 7) is 1.67. The largest absolute Gasteiger partial charge is 0.494 e. The number of methoxy groups -OCH3 is 1. The molecule has 1 amide bonds. The monoisotopic (exact) mass is 352 g/mol. The van der Waals surface area contributed by atoms with Crippen molar-refractivity contribution in [2.45, 2.75) is 6.92 Å². The van der Waals surface area contributed by atoms with Gasteiger partial charge in [0.15, 0.2) is 5.89 Å². The Morgan fingerprint density at radius 3 is 2.85 bits per heavy atom. The van der Waals surface area contributed by atoms with Gasteiger partial charge < -0.3 is 14.1 Å². The van der Waals surface area contributed by atoms with Crippen molar-refractivity contribution in [2.75, 3.05) is 12.4 Å². The van der Waals surface area contributed by atoms with E-state index >= 15 is 0 Å². The molecule has 9 heteroatoms. The lowest BCUT2D eigenvalue weighted by atomic mass is 10.1. The molecule has 4 aromatic rings. The Morgan fingerprint density at radius 1 is 1.35 bits per heavy atom. The molecular weight excluding hydrogens is 336 g/mol. The molecule has 0 aliphatic rings. The van der Waals surface area contributed by atoms with Crippen LogP contribution in [0.4, 0.5) is 5.95 Å². The lowest BCUT2D eigenvalue weighted by Crippen LogP contribution is -2.11. The number of nitrogens with one attached hydrogen (secondary N) is 2. The number of aromatic amines is 1. The highest BCUT2D eigenvalue weighted by Crippen LogP contribution is 2.33. The van der Waals surface area contributed by atoms with E-state index in [2.05, 4.69) is 25.4 Å². The quantitative estimate of drug-likeness (QED) is 0.584. The summed E-state index contributed by atoms with van der Waals surface area (Å²) in [6, 6.07) is 3.75. The molecule has 0 radical (unpaired) electrons. The van der Waals surface area contributed by atoms with E-state index < -0.39 is 5.91 Å². The minimum atomic E-state index is -0.438. The Kier molecular flexibility index (Phi) is 3.68. The van der Waals surface area contributed by atoms with Crippen LogP contribution >= 0.6 is 0 Å². The van der Waals surface area contributed by atoms with Gasteiger partial charge in [-0.25, -0.2) is 9.97 Å². The van der Waals surface area contributed by atoms with E-state index in [4.69, 9.17) is 9.15 Å². The molecule has 0 aliphatic carbocycles. The molecule has 4 rings (SSSR count). The van der Waals surface area contributed by atoms with E-state index in [-0.39, 0.29) is 11.7 Å². The minimum Gasteiger partial charge on any atom is -0.494 e. The average molecular weight is 352 g/mol. The summed E-state index contributed by atoms with van der Waals surface area (Å²) in [5.41, 5.74) is 3.14. The van der Waals surface area contributed by atoms with Crippen LogP contribution < -0.4 is 10.1 Å². The number of H-pyrrole nitrogens is 1. The van der Waals surface area contributed by atoms with Gasteiger partial charge in [-0.05, 0) is 12.1 Å². The normalized spacial score (nSPS) is 11.0. The summed E-state index contributed by atoms with van der Waals surface area (Å²) in [4.78, 5) is 23.8. The van der Waals surface area contributed by atoms with Crippen LogP contribution in [0.1, 0.15) is 16.4 Å². The highest BCUT2D eigenvalue weighted by molar-refractivity contribution is 6.03. The van der Waals surface area contributed by atoms with E-state index in [1.54, 1.807) is 24.9 Å². The molecule has 132 valence electrons. The van der Waals surface area contributed by atoms with Crippen LogP contribution in [0, 0.1) is 6.92 Å². The van der Waals surface area contributed by atoms with Gasteiger partial charge >= 0.3 is 0 Å². The third kappa shape index (κ3) is 2.69. The zero-order valence-electron chi connectivity index (χ0n) is 14.4. The second-order valence-corrected chi connectivity index (χ2v) is 5.72. The van der Waals surface area contributed by atoms with Crippen molar-refractivity contribution >= 4 is 22.9 Å². The second-order valence-electron chi connectivity index (χ2n) is 5.72. The first-order valence-electron chi connectivity index (χ1n) is 7.84. The van der Waals surface area contributed by atoms with Crippen molar-refractivity contribution in [1.29, 1.82) is 0 Å². The molecule has 0 saturated carbocycles. The van der Waals surface area contributed by atoms with Gasteiger partial charge in [0.05, 0.1) is 19.5 Å². The SMILES string of the molecule is COc1ccc(-c2cnn(C)c2)c2nc(NC(=O)c3cnc(C)o3)[nH]c12. The van der Waals surface area contributed by atoms with Crippen LogP contribution in [0.15, 0.2) is 35.1 Å². The Morgan fingerprint density at radius 2 is 2.19 bits per heavy atom. The van der Waals surface area contributed by atoms with Gasteiger partial charge in [-0.1, -0.05) is 0 Å². The number of amides is 1. The summed E-state index contributed by atoms with van der Waals surface area (Å²) >= 11 is 0. The maximum Gasteiger partial charge on any atom is 0.295 e. The molecular formula is C17H16N6O3. The van der Waals surface area contributed by atoms with Gasteiger partial charge in [-0.15, -0.1) is 0 Å². The number of benzene rings is 1. The summed E-state index contributed by atoms with van der Waals surface area (Å²) in [5, 5.41) is 6.88. The topological polar surface area (TPSA) is 111 Å². The molecule has 0 bridgehead atoms. The van der Waals surface area contributed by atoms with Crippen molar-refractivity contribution in [3.05, 3.63) is 42.4 Å². The number of anilines is 1. The number of fused-ring (bicyclic) bond motifs is 1. The van der Waals surface area contributed by atoms with Crippen LogP contribution in [-0.4, -0.2) is 37.7 Å². The van der Waals surface area contributed by atoms with E-state index in [0.717, 1.165) is 11.1 Å². The third-order valence-corrected chi connectivity index (χ3v) is 3.92. The molecule has 0 spiro atoms. The first-order chi connectivity index (χ1) is 12.5. The fourth-order valence-corrected chi connectivity index (χ4v) is 2.73. The van der Waals surface area contributed by atoms with Gasteiger partial charge in [-0.2, -0.15) is 5.10 Å². The lowest BCUT2D eigenvalue weighted by Gasteiger charge is -2.04. The van der Waals surface area contributed by atoms with Gasteiger partial charge in [0.2, 0.25) is 11.7 Å². The molecule has 0 unspecified atom stereocenters. The molecule has 3 heterocycles. The number of imidazole rings is 1. The molecule has 0 fully saturated rings. The van der Waals surface area contributed by atoms with Crippen molar-refractivity contribution in [1.82, 2.24) is 24.7 Å². The molecule has 2 N–H and O–H groups in total. The summed E-state index contributed by atoms with van der Waals surface area (Å²) in [5.74, 6) is 0.999. The molecule has 3 aromatic heterocycles. The van der Waals surface area contributed by atoms with Crippen LogP contribution in [-0.2, 0) is 7.05 Å². The number of aromatic nitrogens is 5. The predicted octanol–water partition coefficient (Wildman–Crippen LogP) is 2.52. The number of ether oxygens (including phenoxy) is 1.